The zero-order valence-electron chi connectivity index (χ0n) is 12.2. The summed E-state index contributed by atoms with van der Waals surface area (Å²) in [5.74, 6) is 0. The van der Waals surface area contributed by atoms with Crippen LogP contribution in [0.3, 0.4) is 0 Å². The van der Waals surface area contributed by atoms with Gasteiger partial charge in [0.1, 0.15) is 18.3 Å². The van der Waals surface area contributed by atoms with E-state index in [0.29, 0.717) is 0 Å². The van der Waals surface area contributed by atoms with Gasteiger partial charge in [-0.15, -0.1) is 0 Å². The van der Waals surface area contributed by atoms with Crippen LogP contribution in [0.2, 0.25) is 0 Å². The Morgan fingerprint density at radius 2 is 1.45 bits per heavy atom. The lowest BCUT2D eigenvalue weighted by molar-refractivity contribution is -0.235. The molecule has 0 aromatic carbocycles. The van der Waals surface area contributed by atoms with Crippen LogP contribution >= 0.6 is 0 Å². The highest BCUT2D eigenvalue weighted by Crippen LogP contribution is 2.51. The topological polar surface area (TPSA) is 87.4 Å². The smallest absolute Gasteiger partial charge is 0.111 e. The Bertz CT molecular complexity index is 355. The van der Waals surface area contributed by atoms with Gasteiger partial charge in [0.2, 0.25) is 0 Å². The molecule has 0 radical (unpaired) electrons. The van der Waals surface area contributed by atoms with E-state index in [-0.39, 0.29) is 17.0 Å². The van der Waals surface area contributed by atoms with Crippen LogP contribution in [0.1, 0.15) is 20.3 Å². The van der Waals surface area contributed by atoms with Crippen molar-refractivity contribution in [3.8, 4) is 0 Å². The number of hydrogen-bond acceptors (Lipinski definition) is 6. The second-order valence-corrected chi connectivity index (χ2v) is 7.75. The molecule has 4 aliphatic heterocycles. The second kappa shape index (κ2) is 4.63. The molecule has 0 amide bonds. The lowest BCUT2D eigenvalue weighted by Gasteiger charge is -2.67. The molecule has 4 N–H and O–H groups in total. The molecule has 116 valence electrons. The van der Waals surface area contributed by atoms with Crippen molar-refractivity contribution in [2.24, 2.45) is 10.8 Å². The Morgan fingerprint density at radius 3 is 1.85 bits per heavy atom. The molecular formula is C14H26N2O4. The van der Waals surface area contributed by atoms with Gasteiger partial charge < -0.3 is 20.4 Å². The number of rotatable bonds is 4. The molecule has 0 aliphatic carbocycles. The molecule has 0 saturated carbocycles. The predicted octanol–water partition coefficient (Wildman–Crippen LogP) is -1.56. The minimum atomic E-state index is -1.32. The summed E-state index contributed by atoms with van der Waals surface area (Å²) in [7, 11) is 0. The van der Waals surface area contributed by atoms with Gasteiger partial charge in [0.25, 0.3) is 0 Å². The van der Waals surface area contributed by atoms with Gasteiger partial charge in [-0.1, -0.05) is 13.8 Å². The van der Waals surface area contributed by atoms with Crippen LogP contribution in [0.5, 0.6) is 0 Å². The van der Waals surface area contributed by atoms with E-state index in [0.717, 1.165) is 26.2 Å². The summed E-state index contributed by atoms with van der Waals surface area (Å²) in [6.45, 7) is 7.70. The quantitative estimate of drug-likeness (QED) is 0.500. The lowest BCUT2D eigenvalue weighted by atomic mass is 9.63. The van der Waals surface area contributed by atoms with Gasteiger partial charge in [-0.2, -0.15) is 0 Å². The van der Waals surface area contributed by atoms with Crippen molar-refractivity contribution in [1.29, 1.82) is 0 Å². The Kier molecular flexibility index (Phi) is 3.40. The van der Waals surface area contributed by atoms with Gasteiger partial charge in [0.05, 0.1) is 12.8 Å². The van der Waals surface area contributed by atoms with E-state index in [2.05, 4.69) is 23.6 Å². The van der Waals surface area contributed by atoms with Crippen molar-refractivity contribution >= 4 is 0 Å². The standard InChI is InChI=1S/C14H26N2O4/c1-13-4-14(2)7-15(5-13)12(16(6-13)8-14)11(20)10(19)9(18)3-17/h9-12,17-20H,3-8H2,1-2H3/t9-,10+,11+,12?,13?,14?/m0/s1. The zero-order valence-corrected chi connectivity index (χ0v) is 12.2. The molecule has 4 saturated heterocycles. The van der Waals surface area contributed by atoms with Crippen molar-refractivity contribution in [1.82, 2.24) is 9.80 Å². The predicted molar refractivity (Wildman–Crippen MR) is 72.9 cm³/mol. The van der Waals surface area contributed by atoms with E-state index < -0.39 is 24.9 Å². The van der Waals surface area contributed by atoms with E-state index in [1.807, 2.05) is 0 Å². The fourth-order valence-electron chi connectivity index (χ4n) is 4.98. The third kappa shape index (κ3) is 2.19. The summed E-state index contributed by atoms with van der Waals surface area (Å²) in [4.78, 5) is 4.46. The average Bonchev–Trinajstić information content (AvgIpc) is 2.32. The number of aliphatic hydroxyl groups excluding tert-OH is 4. The fourth-order valence-corrected chi connectivity index (χ4v) is 4.98. The molecule has 4 fully saturated rings. The van der Waals surface area contributed by atoms with Crippen LogP contribution < -0.4 is 0 Å². The molecule has 0 spiro atoms. The largest absolute Gasteiger partial charge is 0.394 e. The molecule has 0 unspecified atom stereocenters. The van der Waals surface area contributed by atoms with Gasteiger partial charge in [-0.3, -0.25) is 9.80 Å². The highest BCUT2D eigenvalue weighted by atomic mass is 16.4. The maximum Gasteiger partial charge on any atom is 0.111 e. The normalized spacial score (nSPS) is 51.0. The SMILES string of the molecule is CC12CN3CC(C)(CN(C1)C3[C@H](O)[C@H](O)[C@@H](O)CO)C2. The van der Waals surface area contributed by atoms with Gasteiger partial charge in [-0.05, 0) is 17.3 Å². The van der Waals surface area contributed by atoms with Crippen LogP contribution in [0, 0.1) is 10.8 Å². The number of hydrogen-bond donors (Lipinski definition) is 4. The van der Waals surface area contributed by atoms with E-state index in [1.54, 1.807) is 0 Å². The molecule has 4 heterocycles. The molecule has 0 aromatic rings. The van der Waals surface area contributed by atoms with Gasteiger partial charge in [0, 0.05) is 26.2 Å². The maximum atomic E-state index is 10.4. The first-order chi connectivity index (χ1) is 9.27. The Hall–Kier alpha value is -0.240. The first-order valence-corrected chi connectivity index (χ1v) is 7.40. The molecule has 4 rings (SSSR count). The average molecular weight is 286 g/mol. The Morgan fingerprint density at radius 1 is 1.00 bits per heavy atom. The number of piperidine rings is 2. The van der Waals surface area contributed by atoms with Crippen LogP contribution in [0.4, 0.5) is 0 Å². The van der Waals surface area contributed by atoms with Gasteiger partial charge in [-0.25, -0.2) is 0 Å². The summed E-state index contributed by atoms with van der Waals surface area (Å²) in [6, 6.07) is 0. The van der Waals surface area contributed by atoms with Crippen LogP contribution in [-0.2, 0) is 0 Å². The maximum absolute atomic E-state index is 10.4. The molecule has 0 aromatic heterocycles. The minimum Gasteiger partial charge on any atom is -0.394 e. The number of nitrogens with zero attached hydrogens (tertiary/aromatic N) is 2. The second-order valence-electron chi connectivity index (χ2n) is 7.75. The van der Waals surface area contributed by atoms with Crippen molar-refractivity contribution in [2.75, 3.05) is 32.8 Å². The van der Waals surface area contributed by atoms with E-state index >= 15 is 0 Å². The monoisotopic (exact) mass is 286 g/mol. The van der Waals surface area contributed by atoms with Crippen molar-refractivity contribution in [3.63, 3.8) is 0 Å². The zero-order chi connectivity index (χ0) is 14.7. The molecule has 6 nitrogen and oxygen atoms in total. The third-order valence-corrected chi connectivity index (χ3v) is 5.18. The summed E-state index contributed by atoms with van der Waals surface area (Å²) in [6.07, 6.45) is -2.73. The van der Waals surface area contributed by atoms with Crippen molar-refractivity contribution in [2.45, 2.75) is 44.7 Å². The first kappa shape index (κ1) is 14.7. The molecule has 20 heavy (non-hydrogen) atoms. The first-order valence-electron chi connectivity index (χ1n) is 7.40. The van der Waals surface area contributed by atoms with Crippen LogP contribution in [-0.4, -0.2) is 87.5 Å². The van der Waals surface area contributed by atoms with Gasteiger partial charge >= 0.3 is 0 Å². The van der Waals surface area contributed by atoms with E-state index in [9.17, 15) is 15.3 Å². The van der Waals surface area contributed by atoms with Crippen molar-refractivity contribution < 1.29 is 20.4 Å². The summed E-state index contributed by atoms with van der Waals surface area (Å²) < 4.78 is 0. The lowest BCUT2D eigenvalue weighted by Crippen LogP contribution is -2.77. The molecule has 6 heteroatoms. The molecular weight excluding hydrogens is 260 g/mol. The van der Waals surface area contributed by atoms with E-state index in [1.165, 1.54) is 6.42 Å². The third-order valence-electron chi connectivity index (χ3n) is 5.18. The highest BCUT2D eigenvalue weighted by molar-refractivity contribution is 5.09. The van der Waals surface area contributed by atoms with Crippen LogP contribution in [0.15, 0.2) is 0 Å². The minimum absolute atomic E-state index is 0.252. The van der Waals surface area contributed by atoms with Crippen LogP contribution in [0.25, 0.3) is 0 Å². The summed E-state index contributed by atoms with van der Waals surface area (Å²) in [5.41, 5.74) is 0.504. The molecule has 3 atom stereocenters. The number of aliphatic hydroxyl groups is 4. The summed E-state index contributed by atoms with van der Waals surface area (Å²) in [5, 5.41) is 38.9. The van der Waals surface area contributed by atoms with Gasteiger partial charge in [0.15, 0.2) is 0 Å². The van der Waals surface area contributed by atoms with E-state index in [4.69, 9.17) is 5.11 Å². The summed E-state index contributed by atoms with van der Waals surface area (Å²) >= 11 is 0. The molecule has 4 aliphatic rings. The Labute approximate surface area is 119 Å². The van der Waals surface area contributed by atoms with Crippen molar-refractivity contribution in [3.05, 3.63) is 0 Å². The Balaban J connectivity index is 1.80. The fraction of sp³-hybridized carbons (Fsp3) is 1.00. The molecule has 4 bridgehead atoms. The highest BCUT2D eigenvalue weighted by Gasteiger charge is 2.58.